The van der Waals surface area contributed by atoms with E-state index in [9.17, 15) is 28.8 Å². The van der Waals surface area contributed by atoms with Gasteiger partial charge in [-0.25, -0.2) is 0 Å². The van der Waals surface area contributed by atoms with Crippen molar-refractivity contribution in [2.45, 2.75) is 154 Å². The molecule has 4 N–H and O–H groups in total. The number of benzene rings is 4. The third-order valence-corrected chi connectivity index (χ3v) is 18.5. The lowest BCUT2D eigenvalue weighted by Crippen LogP contribution is -2.57. The van der Waals surface area contributed by atoms with E-state index in [1.807, 2.05) is 128 Å². The molecule has 0 spiro atoms. The summed E-state index contributed by atoms with van der Waals surface area (Å²) >= 11 is 3.36. The Morgan fingerprint density at radius 2 is 0.987 bits per heavy atom. The molecule has 4 aromatic carbocycles. The van der Waals surface area contributed by atoms with Crippen LogP contribution in [0.25, 0.3) is 10.8 Å². The fraction of sp³-hybridized carbons (Fsp3) is 0.533. The van der Waals surface area contributed by atoms with E-state index in [1.54, 1.807) is 33.3 Å². The molecule has 10 atom stereocenters. The summed E-state index contributed by atoms with van der Waals surface area (Å²) in [7, 11) is 0. The molecule has 4 heterocycles. The summed E-state index contributed by atoms with van der Waals surface area (Å²) in [4.78, 5) is 87.1. The van der Waals surface area contributed by atoms with Crippen LogP contribution in [0.2, 0.25) is 0 Å². The second-order valence-corrected chi connectivity index (χ2v) is 25.2. The molecule has 4 aliphatic heterocycles. The minimum atomic E-state index is -0.737. The van der Waals surface area contributed by atoms with Gasteiger partial charge in [0.05, 0.1) is 49.3 Å². The monoisotopic (exact) mass is 1070 g/mol. The lowest BCUT2D eigenvalue weighted by molar-refractivity contribution is -0.144. The van der Waals surface area contributed by atoms with Crippen molar-refractivity contribution in [1.29, 1.82) is 0 Å². The number of carbonyl (C=O) groups is 6. The van der Waals surface area contributed by atoms with E-state index in [-0.39, 0.29) is 84.5 Å². The molecular formula is C60H78N6O8S2. The first-order valence-electron chi connectivity index (χ1n) is 27.2. The lowest BCUT2D eigenvalue weighted by Gasteiger charge is -2.35. The minimum Gasteiger partial charge on any atom is -0.374 e. The Kier molecular flexibility index (Phi) is 18.6. The summed E-state index contributed by atoms with van der Waals surface area (Å²) in [6.07, 6.45) is 3.70. The molecule has 6 amide bonds. The summed E-state index contributed by atoms with van der Waals surface area (Å²) in [6, 6.07) is 28.0. The largest absolute Gasteiger partial charge is 0.374 e. The highest BCUT2D eigenvalue weighted by molar-refractivity contribution is 8.00. The van der Waals surface area contributed by atoms with Crippen LogP contribution in [0, 0.1) is 22.7 Å². The van der Waals surface area contributed by atoms with Gasteiger partial charge in [0.1, 0.15) is 24.2 Å². The van der Waals surface area contributed by atoms with E-state index >= 15 is 0 Å². The fourth-order valence-corrected chi connectivity index (χ4v) is 14.3. The second kappa shape index (κ2) is 24.9. The number of hydrogen-bond acceptors (Lipinski definition) is 10. The van der Waals surface area contributed by atoms with E-state index < -0.39 is 47.1 Å². The van der Waals surface area contributed by atoms with Gasteiger partial charge in [-0.2, -0.15) is 0 Å². The van der Waals surface area contributed by atoms with Crippen LogP contribution in [-0.4, -0.2) is 105 Å². The van der Waals surface area contributed by atoms with Crippen molar-refractivity contribution in [1.82, 2.24) is 31.1 Å². The number of ether oxygens (including phenoxy) is 2. The zero-order chi connectivity index (χ0) is 54.3. The number of nitrogens with one attached hydrogen (secondary N) is 4. The molecule has 0 aliphatic carbocycles. The number of thioether (sulfide) groups is 2. The number of carbonyl (C=O) groups excluding carboxylic acids is 6. The van der Waals surface area contributed by atoms with Crippen molar-refractivity contribution < 1.29 is 38.2 Å². The number of hydrogen-bond donors (Lipinski definition) is 4. The van der Waals surface area contributed by atoms with Gasteiger partial charge in [-0.1, -0.05) is 140 Å². The van der Waals surface area contributed by atoms with Gasteiger partial charge in [0, 0.05) is 11.8 Å². The summed E-state index contributed by atoms with van der Waals surface area (Å²) in [6.45, 7) is 16.8. The number of fused-ring (bicyclic) bond motifs is 3. The van der Waals surface area contributed by atoms with Gasteiger partial charge < -0.3 is 40.5 Å². The Hall–Kier alpha value is -5.42. The van der Waals surface area contributed by atoms with Gasteiger partial charge in [0.15, 0.2) is 0 Å². The maximum absolute atomic E-state index is 14.6. The summed E-state index contributed by atoms with van der Waals surface area (Å²) in [5.74, 6) is -0.206. The molecule has 0 bridgehead atoms. The summed E-state index contributed by atoms with van der Waals surface area (Å²) in [5.41, 5.74) is 2.66. The van der Waals surface area contributed by atoms with Crippen LogP contribution in [0.3, 0.4) is 0 Å². The zero-order valence-corrected chi connectivity index (χ0v) is 47.1. The lowest BCUT2D eigenvalue weighted by atomic mass is 9.83. The molecule has 0 unspecified atom stereocenters. The second-order valence-electron chi connectivity index (χ2n) is 22.6. The van der Waals surface area contributed by atoms with E-state index in [4.69, 9.17) is 9.47 Å². The van der Waals surface area contributed by atoms with Crippen LogP contribution >= 0.6 is 23.5 Å². The van der Waals surface area contributed by atoms with Gasteiger partial charge in [0.2, 0.25) is 35.4 Å². The molecule has 0 aromatic heterocycles. The van der Waals surface area contributed by atoms with E-state index in [2.05, 4.69) is 45.5 Å². The first-order valence-corrected chi connectivity index (χ1v) is 29.3. The van der Waals surface area contributed by atoms with Crippen LogP contribution in [0.4, 0.5) is 0 Å². The molecule has 4 fully saturated rings. The maximum atomic E-state index is 14.6. The van der Waals surface area contributed by atoms with Gasteiger partial charge in [-0.15, -0.1) is 23.5 Å². The molecule has 4 aromatic rings. The predicted octanol–water partition coefficient (Wildman–Crippen LogP) is 8.83. The minimum absolute atomic E-state index is 0.144. The van der Waals surface area contributed by atoms with E-state index in [0.717, 1.165) is 33.0 Å². The number of rotatable bonds is 20. The first-order chi connectivity index (χ1) is 36.4. The van der Waals surface area contributed by atoms with Crippen molar-refractivity contribution in [2.24, 2.45) is 22.7 Å². The highest BCUT2D eigenvalue weighted by Gasteiger charge is 2.56. The van der Waals surface area contributed by atoms with E-state index in [0.29, 0.717) is 50.0 Å². The fourth-order valence-electron chi connectivity index (χ4n) is 11.1. The van der Waals surface area contributed by atoms with Crippen LogP contribution in [0.5, 0.6) is 0 Å². The quantitative estimate of drug-likeness (QED) is 0.0670. The van der Waals surface area contributed by atoms with Crippen molar-refractivity contribution in [3.05, 3.63) is 119 Å². The third kappa shape index (κ3) is 13.1. The Balaban J connectivity index is 0.912. The summed E-state index contributed by atoms with van der Waals surface area (Å²) < 4.78 is 12.8. The molecule has 0 radical (unpaired) electrons. The van der Waals surface area contributed by atoms with Crippen LogP contribution in [-0.2, 0) is 51.5 Å². The van der Waals surface area contributed by atoms with Crippen molar-refractivity contribution >= 4 is 69.7 Å². The SMILES string of the molecule is CC[C@@H](C)C(=O)N[C@H]1CCS[C@H]2CC(C)(C)[C@@H](C(=O)N[C@H](COCc3ccc4ccc(COC[C@@H](NC(=O)[C@H]5N6C(=O)[C@@H](NC(=O)[C@H](C)CC)CCS[C@H]6CC5(C)C)c5ccccc5)cc4c3)c3ccccc3)N2C1=O. The van der Waals surface area contributed by atoms with Crippen molar-refractivity contribution in [3.8, 4) is 0 Å². The smallest absolute Gasteiger partial charge is 0.246 e. The molecule has 0 saturated carbocycles. The molecule has 4 aliphatic rings. The zero-order valence-electron chi connectivity index (χ0n) is 45.5. The molecule has 76 heavy (non-hydrogen) atoms. The van der Waals surface area contributed by atoms with Gasteiger partial charge in [-0.3, -0.25) is 28.8 Å². The third-order valence-electron chi connectivity index (χ3n) is 16.0. The molecule has 16 heteroatoms. The van der Waals surface area contributed by atoms with Crippen LogP contribution in [0.15, 0.2) is 97.1 Å². The number of nitrogens with zero attached hydrogens (tertiary/aromatic N) is 2. The standard InChI is InChI=1S/C60H78N6O8S2/c1-9-37(3)53(67)61-45-25-27-75-49-31-59(5,6)51(65(49)57(45)71)55(69)63-47(42-17-13-11-14-18-42)35-73-33-39-21-23-41-24-22-40(30-44(41)29-39)34-74-36-48(43-19-15-12-16-20-43)64-56(70)52-60(7,8)32-50-66(52)58(72)46(26-28-76-50)62-54(68)38(4)10-2/h11-24,29-30,37-38,45-52H,9-10,25-28,31-36H2,1-8H3,(H,61,67)(H,62,68)(H,63,69)(H,64,70)/t37-,38-,45+,46+,47-,48-,49+,50+,51-,52-/m1/s1. The Morgan fingerprint density at radius 1 is 0.592 bits per heavy atom. The Bertz CT molecular complexity index is 2530. The Morgan fingerprint density at radius 3 is 1.37 bits per heavy atom. The topological polar surface area (TPSA) is 175 Å². The predicted molar refractivity (Wildman–Crippen MR) is 300 cm³/mol. The molecular weight excluding hydrogens is 997 g/mol. The summed E-state index contributed by atoms with van der Waals surface area (Å²) in [5, 5.41) is 14.3. The van der Waals surface area contributed by atoms with Gasteiger partial charge >= 0.3 is 0 Å². The van der Waals surface area contributed by atoms with Gasteiger partial charge in [-0.05, 0) is 106 Å². The number of amides is 6. The van der Waals surface area contributed by atoms with Crippen LogP contribution in [0.1, 0.15) is 128 Å². The molecule has 8 rings (SSSR count). The van der Waals surface area contributed by atoms with E-state index in [1.165, 1.54) is 0 Å². The highest BCUT2D eigenvalue weighted by Crippen LogP contribution is 2.48. The van der Waals surface area contributed by atoms with Crippen molar-refractivity contribution in [2.75, 3.05) is 24.7 Å². The molecule has 14 nitrogen and oxygen atoms in total. The van der Waals surface area contributed by atoms with Crippen molar-refractivity contribution in [3.63, 3.8) is 0 Å². The molecule has 4 saturated heterocycles. The first kappa shape index (κ1) is 56.8. The average molecular weight is 1080 g/mol. The van der Waals surface area contributed by atoms with Gasteiger partial charge in [0.25, 0.3) is 0 Å². The van der Waals surface area contributed by atoms with Crippen LogP contribution < -0.4 is 21.3 Å². The Labute approximate surface area is 457 Å². The molecule has 408 valence electrons. The average Bonchev–Trinajstić information content (AvgIpc) is 3.74. The normalized spacial score (nSPS) is 24.5. The maximum Gasteiger partial charge on any atom is 0.246 e. The highest BCUT2D eigenvalue weighted by atomic mass is 32.2.